The first-order chi connectivity index (χ1) is 12.5. The molecule has 0 heterocycles. The van der Waals surface area contributed by atoms with Crippen molar-refractivity contribution >= 4 is 33.3 Å². The summed E-state index contributed by atoms with van der Waals surface area (Å²) in [5.74, 6) is -1.15. The van der Waals surface area contributed by atoms with Crippen LogP contribution in [0.15, 0.2) is 29.8 Å². The van der Waals surface area contributed by atoms with E-state index >= 15 is 0 Å². The van der Waals surface area contributed by atoms with Gasteiger partial charge in [0.15, 0.2) is 0 Å². The molecule has 8 heteroatoms. The summed E-state index contributed by atoms with van der Waals surface area (Å²) in [4.78, 5) is 12.4. The Morgan fingerprint density at radius 2 is 2.00 bits per heavy atom. The molecule has 2 rings (SSSR count). The largest absolute Gasteiger partial charge is 0.463 e. The van der Waals surface area contributed by atoms with E-state index in [1.807, 2.05) is 20.8 Å². The second-order valence-electron chi connectivity index (χ2n) is 7.65. The summed E-state index contributed by atoms with van der Waals surface area (Å²) in [5, 5.41) is -1.11. The first-order valence-electron chi connectivity index (χ1n) is 8.81. The molecule has 27 heavy (non-hydrogen) atoms. The van der Waals surface area contributed by atoms with Crippen LogP contribution in [0.5, 0.6) is 0 Å². The molecule has 1 N–H and O–H groups in total. The smallest absolute Gasteiger partial charge is 0.335 e. The molecule has 0 fully saturated rings. The van der Waals surface area contributed by atoms with Gasteiger partial charge in [-0.05, 0) is 49.3 Å². The van der Waals surface area contributed by atoms with Crippen LogP contribution in [0.1, 0.15) is 40.5 Å². The molecule has 1 aromatic rings. The normalized spacial score (nSPS) is 20.7. The molecule has 1 aromatic carbocycles. The van der Waals surface area contributed by atoms with E-state index in [0.717, 1.165) is 12.1 Å². The van der Waals surface area contributed by atoms with E-state index in [2.05, 4.69) is 4.72 Å². The Morgan fingerprint density at radius 1 is 1.33 bits per heavy atom. The van der Waals surface area contributed by atoms with Crippen molar-refractivity contribution < 1.29 is 22.3 Å². The lowest BCUT2D eigenvalue weighted by Crippen LogP contribution is -2.38. The van der Waals surface area contributed by atoms with Gasteiger partial charge in [0.2, 0.25) is 10.0 Å². The number of esters is 1. The predicted octanol–water partition coefficient (Wildman–Crippen LogP) is 4.54. The Bertz CT molecular complexity index is 846. The predicted molar refractivity (Wildman–Crippen MR) is 105 cm³/mol. The average Bonchev–Trinajstić information content (AvgIpc) is 2.56. The third kappa shape index (κ3) is 5.23. The Labute approximate surface area is 165 Å². The molecular weight excluding hydrogens is 393 g/mol. The summed E-state index contributed by atoms with van der Waals surface area (Å²) in [5.41, 5.74) is 0.0909. The van der Waals surface area contributed by atoms with E-state index in [0.29, 0.717) is 6.42 Å². The van der Waals surface area contributed by atoms with E-state index in [4.69, 9.17) is 16.3 Å². The fourth-order valence-corrected chi connectivity index (χ4v) is 4.96. The zero-order valence-corrected chi connectivity index (χ0v) is 17.5. The molecule has 0 spiro atoms. The Hall–Kier alpha value is -1.60. The van der Waals surface area contributed by atoms with Crippen molar-refractivity contribution in [3.8, 4) is 0 Å². The van der Waals surface area contributed by atoms with Gasteiger partial charge in [-0.15, -0.1) is 0 Å². The van der Waals surface area contributed by atoms with E-state index < -0.39 is 27.1 Å². The average molecular weight is 418 g/mol. The van der Waals surface area contributed by atoms with Crippen molar-refractivity contribution in [1.29, 1.82) is 0 Å². The Kier molecular flexibility index (Phi) is 6.58. The number of ether oxygens (including phenoxy) is 1. The summed E-state index contributed by atoms with van der Waals surface area (Å²) < 4.78 is 46.6. The molecule has 0 bridgehead atoms. The molecule has 2 atom stereocenters. The molecule has 0 radical (unpaired) electrons. The number of carbonyl (C=O) groups excluding carboxylic acids is 1. The molecule has 0 saturated heterocycles. The number of halogens is 2. The number of rotatable bonds is 5. The Morgan fingerprint density at radius 3 is 2.56 bits per heavy atom. The molecule has 1 aliphatic rings. The first kappa shape index (κ1) is 21.7. The summed E-state index contributed by atoms with van der Waals surface area (Å²) in [6.07, 6.45) is 2.62. The fraction of sp³-hybridized carbons (Fsp3) is 0.526. The van der Waals surface area contributed by atoms with Gasteiger partial charge in [0, 0.05) is 0 Å². The van der Waals surface area contributed by atoms with Crippen molar-refractivity contribution in [2.24, 2.45) is 11.3 Å². The molecule has 0 aromatic heterocycles. The van der Waals surface area contributed by atoms with E-state index in [1.54, 1.807) is 13.0 Å². The number of allylic oxidation sites excluding steroid dienone is 1. The maximum atomic E-state index is 13.2. The van der Waals surface area contributed by atoms with Gasteiger partial charge in [-0.25, -0.2) is 17.6 Å². The molecule has 0 amide bonds. The first-order valence-corrected chi connectivity index (χ1v) is 10.7. The van der Waals surface area contributed by atoms with Crippen LogP contribution in [0, 0.1) is 17.2 Å². The SMILES string of the molecule is CCOC(=O)C1=CC(C(C)(C)C)CCC1S(=O)(=O)Nc1ccc(F)cc1Cl. The van der Waals surface area contributed by atoms with Crippen LogP contribution in [0.4, 0.5) is 10.1 Å². The van der Waals surface area contributed by atoms with Crippen LogP contribution in [0.25, 0.3) is 0 Å². The van der Waals surface area contributed by atoms with Crippen molar-refractivity contribution in [3.05, 3.63) is 40.7 Å². The van der Waals surface area contributed by atoms with Gasteiger partial charge in [0.05, 0.1) is 22.9 Å². The highest BCUT2D eigenvalue weighted by molar-refractivity contribution is 7.93. The van der Waals surface area contributed by atoms with Crippen molar-refractivity contribution in [2.45, 2.75) is 45.8 Å². The maximum absolute atomic E-state index is 13.2. The van der Waals surface area contributed by atoms with Crippen molar-refractivity contribution in [1.82, 2.24) is 0 Å². The minimum Gasteiger partial charge on any atom is -0.463 e. The minimum atomic E-state index is -3.98. The second-order valence-corrected chi connectivity index (χ2v) is 9.92. The number of benzene rings is 1. The molecule has 2 unspecified atom stereocenters. The van der Waals surface area contributed by atoms with Gasteiger partial charge in [-0.2, -0.15) is 0 Å². The van der Waals surface area contributed by atoms with Gasteiger partial charge in [-0.3, -0.25) is 4.72 Å². The van der Waals surface area contributed by atoms with Gasteiger partial charge in [-0.1, -0.05) is 38.4 Å². The third-order valence-corrected chi connectivity index (χ3v) is 6.70. The van der Waals surface area contributed by atoms with Crippen LogP contribution in [0.3, 0.4) is 0 Å². The van der Waals surface area contributed by atoms with E-state index in [1.165, 1.54) is 6.07 Å². The van der Waals surface area contributed by atoms with Crippen molar-refractivity contribution in [3.63, 3.8) is 0 Å². The number of carbonyl (C=O) groups is 1. The van der Waals surface area contributed by atoms with Crippen LogP contribution in [-0.4, -0.2) is 26.2 Å². The number of nitrogens with one attached hydrogen (secondary N) is 1. The molecule has 0 saturated carbocycles. The molecular formula is C19H25ClFNO4S. The lowest BCUT2D eigenvalue weighted by atomic mass is 9.74. The zero-order valence-electron chi connectivity index (χ0n) is 15.9. The highest BCUT2D eigenvalue weighted by Gasteiger charge is 2.40. The van der Waals surface area contributed by atoms with Crippen molar-refractivity contribution in [2.75, 3.05) is 11.3 Å². The highest BCUT2D eigenvalue weighted by atomic mass is 35.5. The summed E-state index contributed by atoms with van der Waals surface area (Å²) in [6, 6.07) is 3.39. The number of hydrogen-bond acceptors (Lipinski definition) is 4. The highest BCUT2D eigenvalue weighted by Crippen LogP contribution is 2.39. The topological polar surface area (TPSA) is 72.5 Å². The molecule has 150 valence electrons. The number of sulfonamides is 1. The van der Waals surface area contributed by atoms with Crippen LogP contribution in [-0.2, 0) is 19.6 Å². The standard InChI is InChI=1S/C19H25ClFNO4S/c1-5-26-18(23)14-10-12(19(2,3)4)6-9-17(14)27(24,25)22-16-8-7-13(21)11-15(16)20/h7-8,10-12,17,22H,5-6,9H2,1-4H3. The maximum Gasteiger partial charge on any atom is 0.335 e. The second kappa shape index (κ2) is 8.19. The lowest BCUT2D eigenvalue weighted by molar-refractivity contribution is -0.138. The van der Waals surface area contributed by atoms with Gasteiger partial charge < -0.3 is 4.74 Å². The Balaban J connectivity index is 2.39. The molecule has 1 aliphatic carbocycles. The zero-order chi connectivity index (χ0) is 20.4. The van der Waals surface area contributed by atoms with Gasteiger partial charge in [0.1, 0.15) is 11.1 Å². The third-order valence-electron chi connectivity index (χ3n) is 4.65. The van der Waals surface area contributed by atoms with Gasteiger partial charge in [0.25, 0.3) is 0 Å². The quantitative estimate of drug-likeness (QED) is 0.714. The summed E-state index contributed by atoms with van der Waals surface area (Å²) in [7, 11) is -3.98. The lowest BCUT2D eigenvalue weighted by Gasteiger charge is -2.35. The summed E-state index contributed by atoms with van der Waals surface area (Å²) in [6.45, 7) is 7.95. The molecule has 0 aliphatic heterocycles. The number of hydrogen-bond donors (Lipinski definition) is 1. The number of anilines is 1. The van der Waals surface area contributed by atoms with Crippen LogP contribution in [0.2, 0.25) is 5.02 Å². The monoisotopic (exact) mass is 417 g/mol. The van der Waals surface area contributed by atoms with E-state index in [9.17, 15) is 17.6 Å². The minimum absolute atomic E-state index is 0.0522. The molecule has 5 nitrogen and oxygen atoms in total. The van der Waals surface area contributed by atoms with Crippen LogP contribution < -0.4 is 4.72 Å². The van der Waals surface area contributed by atoms with Crippen LogP contribution >= 0.6 is 11.6 Å². The van der Waals surface area contributed by atoms with E-state index in [-0.39, 0.29) is 40.6 Å². The van der Waals surface area contributed by atoms with Gasteiger partial charge >= 0.3 is 5.97 Å². The summed E-state index contributed by atoms with van der Waals surface area (Å²) >= 11 is 5.93. The fourth-order valence-electron chi connectivity index (χ4n) is 3.11.